The van der Waals surface area contributed by atoms with Crippen molar-refractivity contribution < 1.29 is 19.1 Å². The van der Waals surface area contributed by atoms with Gasteiger partial charge in [0.1, 0.15) is 12.1 Å². The zero-order valence-corrected chi connectivity index (χ0v) is 15.1. The van der Waals surface area contributed by atoms with Crippen molar-refractivity contribution in [3.8, 4) is 0 Å². The van der Waals surface area contributed by atoms with Crippen LogP contribution in [0.5, 0.6) is 0 Å². The summed E-state index contributed by atoms with van der Waals surface area (Å²) >= 11 is 0. The third-order valence-corrected chi connectivity index (χ3v) is 2.71. The average molecular weight is 334 g/mol. The minimum absolute atomic E-state index is 0.205. The molecule has 0 heterocycles. The minimum atomic E-state index is -0.593. The Labute approximate surface area is 143 Å². The van der Waals surface area contributed by atoms with Crippen molar-refractivity contribution in [2.45, 2.75) is 52.7 Å². The fourth-order valence-electron chi connectivity index (χ4n) is 1.82. The summed E-state index contributed by atoms with van der Waals surface area (Å²) in [5.41, 5.74) is -0.0933. The van der Waals surface area contributed by atoms with Crippen molar-refractivity contribution in [1.29, 1.82) is 0 Å². The Morgan fingerprint density at radius 3 is 1.75 bits per heavy atom. The predicted molar refractivity (Wildman–Crippen MR) is 91.8 cm³/mol. The van der Waals surface area contributed by atoms with E-state index in [1.165, 1.54) is 0 Å². The molecule has 1 rings (SSSR count). The second-order valence-corrected chi connectivity index (χ2v) is 7.55. The Hall–Kier alpha value is -2.37. The van der Waals surface area contributed by atoms with Gasteiger partial charge in [-0.25, -0.2) is 0 Å². The summed E-state index contributed by atoms with van der Waals surface area (Å²) in [5.74, 6) is -1.11. The van der Waals surface area contributed by atoms with Gasteiger partial charge in [0.2, 0.25) is 0 Å². The van der Waals surface area contributed by atoms with Crippen molar-refractivity contribution in [3.05, 3.63) is 35.4 Å². The Bertz CT molecular complexity index is 607. The van der Waals surface area contributed by atoms with Gasteiger partial charge >= 0.3 is 5.97 Å². The standard InChI is InChI=1S/C18H26N2O4/c1-17(2,3)20-16(23)13-9-7-12(8-10-13)15(22)19-11-14(21)24-18(4,5)6/h7-10H,11H2,1-6H3,(H,19,22)(H,20,23). The largest absolute Gasteiger partial charge is 0.459 e. The maximum Gasteiger partial charge on any atom is 0.325 e. The van der Waals surface area contributed by atoms with E-state index in [0.717, 1.165) is 0 Å². The topological polar surface area (TPSA) is 84.5 Å². The summed E-state index contributed by atoms with van der Waals surface area (Å²) in [6.07, 6.45) is 0. The van der Waals surface area contributed by atoms with Crippen molar-refractivity contribution in [2.75, 3.05) is 6.54 Å². The number of carbonyl (C=O) groups excluding carboxylic acids is 3. The molecule has 132 valence electrons. The first-order valence-electron chi connectivity index (χ1n) is 7.80. The number of hydrogen-bond acceptors (Lipinski definition) is 4. The second kappa shape index (κ2) is 7.47. The van der Waals surface area contributed by atoms with Gasteiger partial charge in [-0.3, -0.25) is 14.4 Å². The third-order valence-electron chi connectivity index (χ3n) is 2.71. The normalized spacial score (nSPS) is 11.6. The van der Waals surface area contributed by atoms with E-state index in [0.29, 0.717) is 11.1 Å². The van der Waals surface area contributed by atoms with Gasteiger partial charge in [-0.1, -0.05) is 0 Å². The molecule has 0 radical (unpaired) electrons. The monoisotopic (exact) mass is 334 g/mol. The SMILES string of the molecule is CC(C)(C)NC(=O)c1ccc(C(=O)NCC(=O)OC(C)(C)C)cc1. The number of amides is 2. The van der Waals surface area contributed by atoms with Gasteiger partial charge < -0.3 is 15.4 Å². The third kappa shape index (κ3) is 7.26. The predicted octanol–water partition coefficient (Wildman–Crippen LogP) is 2.29. The molecule has 0 bridgehead atoms. The molecule has 1 aromatic carbocycles. The molecule has 0 spiro atoms. The van der Waals surface area contributed by atoms with Gasteiger partial charge in [0.25, 0.3) is 11.8 Å². The van der Waals surface area contributed by atoms with Crippen LogP contribution in [0.2, 0.25) is 0 Å². The van der Waals surface area contributed by atoms with E-state index in [-0.39, 0.29) is 18.0 Å². The van der Waals surface area contributed by atoms with Crippen molar-refractivity contribution in [1.82, 2.24) is 10.6 Å². The smallest absolute Gasteiger partial charge is 0.325 e. The van der Waals surface area contributed by atoms with Crippen LogP contribution in [0.1, 0.15) is 62.3 Å². The van der Waals surface area contributed by atoms with Crippen LogP contribution in [0, 0.1) is 0 Å². The van der Waals surface area contributed by atoms with E-state index in [9.17, 15) is 14.4 Å². The maximum atomic E-state index is 12.0. The van der Waals surface area contributed by atoms with E-state index < -0.39 is 17.5 Å². The minimum Gasteiger partial charge on any atom is -0.459 e. The molecule has 0 fully saturated rings. The van der Waals surface area contributed by atoms with Crippen LogP contribution in [-0.4, -0.2) is 35.5 Å². The molecule has 6 heteroatoms. The highest BCUT2D eigenvalue weighted by Gasteiger charge is 2.18. The molecule has 0 aliphatic carbocycles. The number of rotatable bonds is 4. The lowest BCUT2D eigenvalue weighted by Crippen LogP contribution is -2.40. The highest BCUT2D eigenvalue weighted by Crippen LogP contribution is 2.08. The molecule has 0 aliphatic heterocycles. The number of ether oxygens (including phenoxy) is 1. The number of benzene rings is 1. The molecule has 2 N–H and O–H groups in total. The Balaban J connectivity index is 2.61. The first kappa shape index (κ1) is 19.7. The fraction of sp³-hybridized carbons (Fsp3) is 0.500. The first-order chi connectivity index (χ1) is 10.9. The molecule has 24 heavy (non-hydrogen) atoms. The molecule has 6 nitrogen and oxygen atoms in total. The molecule has 0 saturated heterocycles. The van der Waals surface area contributed by atoms with Crippen LogP contribution in [0.3, 0.4) is 0 Å². The summed E-state index contributed by atoms with van der Waals surface area (Å²) in [6, 6.07) is 6.23. The van der Waals surface area contributed by atoms with E-state index >= 15 is 0 Å². The summed E-state index contributed by atoms with van der Waals surface area (Å²) < 4.78 is 5.11. The van der Waals surface area contributed by atoms with Crippen molar-refractivity contribution in [2.24, 2.45) is 0 Å². The molecule has 0 unspecified atom stereocenters. The summed E-state index contributed by atoms with van der Waals surface area (Å²) in [6.45, 7) is 10.7. The van der Waals surface area contributed by atoms with Crippen LogP contribution in [0.15, 0.2) is 24.3 Å². The summed E-state index contributed by atoms with van der Waals surface area (Å²) in [4.78, 5) is 35.6. The molecule has 0 aromatic heterocycles. The molecule has 0 aliphatic rings. The Kier molecular flexibility index (Phi) is 6.12. The Morgan fingerprint density at radius 2 is 1.33 bits per heavy atom. The van der Waals surface area contributed by atoms with E-state index in [2.05, 4.69) is 10.6 Å². The van der Waals surface area contributed by atoms with Crippen molar-refractivity contribution in [3.63, 3.8) is 0 Å². The number of hydrogen-bond donors (Lipinski definition) is 2. The van der Waals surface area contributed by atoms with E-state index in [1.807, 2.05) is 20.8 Å². The molecule has 0 saturated carbocycles. The second-order valence-electron chi connectivity index (χ2n) is 7.55. The lowest BCUT2D eigenvalue weighted by Gasteiger charge is -2.20. The van der Waals surface area contributed by atoms with Crippen LogP contribution < -0.4 is 10.6 Å². The van der Waals surface area contributed by atoms with Crippen LogP contribution in [0.4, 0.5) is 0 Å². The first-order valence-corrected chi connectivity index (χ1v) is 7.80. The van der Waals surface area contributed by atoms with E-state index in [4.69, 9.17) is 4.74 Å². The maximum absolute atomic E-state index is 12.0. The summed E-state index contributed by atoms with van der Waals surface area (Å²) in [7, 11) is 0. The van der Waals surface area contributed by atoms with Crippen LogP contribution in [-0.2, 0) is 9.53 Å². The van der Waals surface area contributed by atoms with Gasteiger partial charge in [-0.05, 0) is 65.8 Å². The fourth-order valence-corrected chi connectivity index (χ4v) is 1.82. The van der Waals surface area contributed by atoms with Crippen molar-refractivity contribution >= 4 is 17.8 Å². The molecule has 0 atom stereocenters. The van der Waals surface area contributed by atoms with Crippen LogP contribution in [0.25, 0.3) is 0 Å². The molecule has 1 aromatic rings. The van der Waals surface area contributed by atoms with Gasteiger partial charge in [-0.2, -0.15) is 0 Å². The summed E-state index contributed by atoms with van der Waals surface area (Å²) in [5, 5.41) is 5.34. The van der Waals surface area contributed by atoms with Crippen LogP contribution >= 0.6 is 0 Å². The molecular weight excluding hydrogens is 308 g/mol. The van der Waals surface area contributed by atoms with Gasteiger partial charge in [0, 0.05) is 16.7 Å². The molecular formula is C18H26N2O4. The lowest BCUT2D eigenvalue weighted by atomic mass is 10.1. The zero-order valence-electron chi connectivity index (χ0n) is 15.1. The Morgan fingerprint density at radius 1 is 0.875 bits per heavy atom. The quantitative estimate of drug-likeness (QED) is 0.828. The number of esters is 1. The zero-order chi connectivity index (χ0) is 18.5. The highest BCUT2D eigenvalue weighted by atomic mass is 16.6. The highest BCUT2D eigenvalue weighted by molar-refractivity contribution is 5.98. The number of carbonyl (C=O) groups is 3. The molecule has 2 amide bonds. The average Bonchev–Trinajstić information content (AvgIpc) is 2.41. The van der Waals surface area contributed by atoms with Gasteiger partial charge in [0.15, 0.2) is 0 Å². The van der Waals surface area contributed by atoms with E-state index in [1.54, 1.807) is 45.0 Å². The number of nitrogens with one attached hydrogen (secondary N) is 2. The lowest BCUT2D eigenvalue weighted by molar-refractivity contribution is -0.153. The van der Waals surface area contributed by atoms with Gasteiger partial charge in [-0.15, -0.1) is 0 Å². The van der Waals surface area contributed by atoms with Gasteiger partial charge in [0.05, 0.1) is 0 Å².